The molecule has 0 N–H and O–H groups in total. The van der Waals surface area contributed by atoms with Gasteiger partial charge in [0.2, 0.25) is 0 Å². The van der Waals surface area contributed by atoms with Crippen molar-refractivity contribution < 1.29 is 14.5 Å². The smallest absolute Gasteiger partial charge is 0.430 e. The van der Waals surface area contributed by atoms with Crippen LogP contribution in [0, 0.1) is 10.1 Å². The van der Waals surface area contributed by atoms with Crippen LogP contribution >= 0.6 is 0 Å². The number of cyclic esters (lactones) is 1. The number of ether oxygens (including phenoxy) is 1. The van der Waals surface area contributed by atoms with E-state index in [2.05, 4.69) is 5.10 Å². The van der Waals surface area contributed by atoms with E-state index in [0.29, 0.717) is 12.0 Å². The highest BCUT2D eigenvalue weighted by Gasteiger charge is 2.32. The van der Waals surface area contributed by atoms with E-state index < -0.39 is 11.0 Å². The number of nitro benzene ring substituents is 1. The fourth-order valence-corrected chi connectivity index (χ4v) is 2.47. The van der Waals surface area contributed by atoms with Gasteiger partial charge >= 0.3 is 6.09 Å². The maximum absolute atomic E-state index is 11.9. The van der Waals surface area contributed by atoms with Gasteiger partial charge < -0.3 is 4.74 Å². The molecule has 0 bridgehead atoms. The Morgan fingerprint density at radius 2 is 2.04 bits per heavy atom. The van der Waals surface area contributed by atoms with Crippen molar-refractivity contribution in [1.29, 1.82) is 0 Å². The van der Waals surface area contributed by atoms with Crippen LogP contribution in [-0.2, 0) is 11.2 Å². The van der Waals surface area contributed by atoms with Crippen LogP contribution in [0.5, 0.6) is 0 Å². The zero-order chi connectivity index (χ0) is 16.9. The molecule has 0 aliphatic carbocycles. The first-order valence-electron chi connectivity index (χ1n) is 7.42. The molecule has 1 heterocycles. The highest BCUT2D eigenvalue weighted by atomic mass is 16.6. The molecular formula is C17H15N3O4. The van der Waals surface area contributed by atoms with Crippen molar-refractivity contribution in [2.75, 3.05) is 6.61 Å². The minimum Gasteiger partial charge on any atom is -0.446 e. The monoisotopic (exact) mass is 325 g/mol. The second kappa shape index (κ2) is 6.91. The number of hydrogen-bond acceptors (Lipinski definition) is 5. The summed E-state index contributed by atoms with van der Waals surface area (Å²) in [4.78, 5) is 22.2. The molecule has 0 saturated carbocycles. The first kappa shape index (κ1) is 15.7. The summed E-state index contributed by atoms with van der Waals surface area (Å²) < 4.78 is 5.07. The number of hydrazone groups is 1. The lowest BCUT2D eigenvalue weighted by atomic mass is 10.1. The largest absolute Gasteiger partial charge is 0.446 e. The first-order valence-corrected chi connectivity index (χ1v) is 7.42. The number of amides is 1. The van der Waals surface area contributed by atoms with Crippen LogP contribution in [0.2, 0.25) is 0 Å². The number of carbonyl (C=O) groups is 1. The zero-order valence-corrected chi connectivity index (χ0v) is 12.7. The van der Waals surface area contributed by atoms with Crippen molar-refractivity contribution in [2.45, 2.75) is 12.5 Å². The molecule has 1 aliphatic heterocycles. The maximum Gasteiger partial charge on any atom is 0.430 e. The fourth-order valence-electron chi connectivity index (χ4n) is 2.47. The van der Waals surface area contributed by atoms with Gasteiger partial charge in [-0.3, -0.25) is 10.1 Å². The number of hydrogen-bond donors (Lipinski definition) is 0. The van der Waals surface area contributed by atoms with Crippen molar-refractivity contribution in [3.8, 4) is 0 Å². The summed E-state index contributed by atoms with van der Waals surface area (Å²) in [5.74, 6) is 0. The van der Waals surface area contributed by atoms with Crippen LogP contribution in [0.3, 0.4) is 0 Å². The highest BCUT2D eigenvalue weighted by molar-refractivity contribution is 5.82. The minimum atomic E-state index is -0.516. The van der Waals surface area contributed by atoms with Gasteiger partial charge in [0.25, 0.3) is 5.69 Å². The van der Waals surface area contributed by atoms with Crippen LogP contribution in [0.1, 0.15) is 11.1 Å². The Hall–Kier alpha value is -3.22. The van der Waals surface area contributed by atoms with Gasteiger partial charge in [-0.05, 0) is 12.0 Å². The van der Waals surface area contributed by atoms with Gasteiger partial charge in [0, 0.05) is 17.7 Å². The van der Waals surface area contributed by atoms with Crippen LogP contribution in [0.4, 0.5) is 10.5 Å². The Labute approximate surface area is 138 Å². The fraction of sp³-hybridized carbons (Fsp3) is 0.176. The van der Waals surface area contributed by atoms with Gasteiger partial charge in [-0.1, -0.05) is 42.5 Å². The average molecular weight is 325 g/mol. The molecule has 0 aromatic heterocycles. The molecule has 0 radical (unpaired) electrons. The highest BCUT2D eigenvalue weighted by Crippen LogP contribution is 2.18. The third-order valence-corrected chi connectivity index (χ3v) is 3.66. The van der Waals surface area contributed by atoms with Crippen molar-refractivity contribution in [3.05, 3.63) is 75.8 Å². The molecule has 24 heavy (non-hydrogen) atoms. The molecule has 1 saturated heterocycles. The summed E-state index contributed by atoms with van der Waals surface area (Å²) in [5, 5.41) is 16.2. The summed E-state index contributed by atoms with van der Waals surface area (Å²) in [7, 11) is 0. The molecule has 0 spiro atoms. The van der Waals surface area contributed by atoms with E-state index in [9.17, 15) is 14.9 Å². The molecule has 1 fully saturated rings. The number of non-ortho nitro benzene ring substituents is 1. The lowest BCUT2D eigenvalue weighted by Crippen LogP contribution is -2.30. The standard InChI is InChI=1S/C17H15N3O4/c21-17-19(16(12-24-17)9-13-5-2-1-3-6-13)18-11-14-7-4-8-15(10-14)20(22)23/h1-8,10-11,16H,9,12H2/b18-11+/t16-/m0/s1. The third kappa shape index (κ3) is 3.57. The molecule has 1 amide bonds. The normalized spacial score (nSPS) is 17.2. The molecule has 0 unspecified atom stereocenters. The molecule has 3 rings (SSSR count). The molecule has 7 nitrogen and oxygen atoms in total. The minimum absolute atomic E-state index is 0.0243. The van der Waals surface area contributed by atoms with Crippen molar-refractivity contribution in [2.24, 2.45) is 5.10 Å². The van der Waals surface area contributed by atoms with Gasteiger partial charge in [-0.15, -0.1) is 0 Å². The molecule has 2 aromatic rings. The Morgan fingerprint density at radius 3 is 2.79 bits per heavy atom. The van der Waals surface area contributed by atoms with E-state index in [1.807, 2.05) is 30.3 Å². The van der Waals surface area contributed by atoms with E-state index >= 15 is 0 Å². The summed E-state index contributed by atoms with van der Waals surface area (Å²) in [6.45, 7) is 0.264. The van der Waals surface area contributed by atoms with Gasteiger partial charge in [0.1, 0.15) is 6.61 Å². The van der Waals surface area contributed by atoms with Crippen LogP contribution < -0.4 is 0 Å². The summed E-state index contributed by atoms with van der Waals surface area (Å²) in [5.41, 5.74) is 1.60. The van der Waals surface area contributed by atoms with E-state index in [1.165, 1.54) is 23.4 Å². The predicted molar refractivity (Wildman–Crippen MR) is 87.8 cm³/mol. The predicted octanol–water partition coefficient (Wildman–Crippen LogP) is 2.99. The molecule has 7 heteroatoms. The lowest BCUT2D eigenvalue weighted by Gasteiger charge is -2.15. The van der Waals surface area contributed by atoms with Gasteiger partial charge in [0.05, 0.1) is 17.2 Å². The third-order valence-electron chi connectivity index (χ3n) is 3.66. The molecular weight excluding hydrogens is 310 g/mol. The Kier molecular flexibility index (Phi) is 4.51. The average Bonchev–Trinajstić information content (AvgIpc) is 2.94. The first-order chi connectivity index (χ1) is 11.6. The summed E-state index contributed by atoms with van der Waals surface area (Å²) in [6.07, 6.45) is 1.54. The lowest BCUT2D eigenvalue weighted by molar-refractivity contribution is -0.384. The van der Waals surface area contributed by atoms with Crippen LogP contribution in [0.25, 0.3) is 0 Å². The molecule has 1 aliphatic rings. The summed E-state index contributed by atoms with van der Waals surface area (Å²) >= 11 is 0. The van der Waals surface area contributed by atoms with Gasteiger partial charge in [0.15, 0.2) is 0 Å². The van der Waals surface area contributed by atoms with E-state index in [0.717, 1.165) is 5.56 Å². The zero-order valence-electron chi connectivity index (χ0n) is 12.7. The van der Waals surface area contributed by atoms with E-state index in [-0.39, 0.29) is 18.3 Å². The Morgan fingerprint density at radius 1 is 1.25 bits per heavy atom. The number of carbonyl (C=O) groups excluding carboxylic acids is 1. The molecule has 122 valence electrons. The molecule has 2 aromatic carbocycles. The molecule has 1 atom stereocenters. The number of nitrogens with zero attached hydrogens (tertiary/aromatic N) is 3. The quantitative estimate of drug-likeness (QED) is 0.480. The second-order valence-electron chi connectivity index (χ2n) is 5.36. The van der Waals surface area contributed by atoms with Crippen molar-refractivity contribution in [1.82, 2.24) is 5.01 Å². The maximum atomic E-state index is 11.9. The van der Waals surface area contributed by atoms with E-state index in [4.69, 9.17) is 4.74 Å². The van der Waals surface area contributed by atoms with Gasteiger partial charge in [-0.2, -0.15) is 10.1 Å². The second-order valence-corrected chi connectivity index (χ2v) is 5.36. The number of rotatable bonds is 5. The van der Waals surface area contributed by atoms with Crippen molar-refractivity contribution in [3.63, 3.8) is 0 Å². The Balaban J connectivity index is 1.75. The van der Waals surface area contributed by atoms with Crippen LogP contribution in [0.15, 0.2) is 59.7 Å². The van der Waals surface area contributed by atoms with Crippen LogP contribution in [-0.4, -0.2) is 34.9 Å². The number of nitro groups is 1. The number of benzene rings is 2. The topological polar surface area (TPSA) is 85.0 Å². The van der Waals surface area contributed by atoms with Gasteiger partial charge in [-0.25, -0.2) is 4.79 Å². The Bertz CT molecular complexity index is 776. The van der Waals surface area contributed by atoms with E-state index in [1.54, 1.807) is 12.1 Å². The SMILES string of the molecule is O=C1OC[C@H](Cc2ccccc2)N1/N=C/c1cccc([N+](=O)[O-])c1. The van der Waals surface area contributed by atoms with Crippen molar-refractivity contribution >= 4 is 18.0 Å². The summed E-state index contributed by atoms with van der Waals surface area (Å²) in [6, 6.07) is 15.6.